The van der Waals surface area contributed by atoms with Crippen molar-refractivity contribution in [3.05, 3.63) is 59.7 Å². The third-order valence-corrected chi connectivity index (χ3v) is 4.28. The van der Waals surface area contributed by atoms with Crippen LogP contribution < -0.4 is 4.74 Å². The van der Waals surface area contributed by atoms with E-state index >= 15 is 0 Å². The van der Waals surface area contributed by atoms with Gasteiger partial charge in [0.25, 0.3) is 0 Å². The molecule has 0 saturated heterocycles. The van der Waals surface area contributed by atoms with Gasteiger partial charge in [-0.05, 0) is 53.1 Å². The highest BCUT2D eigenvalue weighted by atomic mass is 16.5. The Kier molecular flexibility index (Phi) is 2.74. The Balaban J connectivity index is 1.84. The summed E-state index contributed by atoms with van der Waals surface area (Å²) in [6.07, 6.45) is 1.16. The van der Waals surface area contributed by atoms with Gasteiger partial charge < -0.3 is 9.84 Å². The first-order chi connectivity index (χ1) is 9.13. The summed E-state index contributed by atoms with van der Waals surface area (Å²) in [6.45, 7) is 2.30. The van der Waals surface area contributed by atoms with Crippen molar-refractivity contribution < 1.29 is 9.84 Å². The Bertz CT molecular complexity index is 571. The number of hydrogen-bond donors (Lipinski definition) is 1. The van der Waals surface area contributed by atoms with Gasteiger partial charge in [0.2, 0.25) is 0 Å². The summed E-state index contributed by atoms with van der Waals surface area (Å²) in [4.78, 5) is 0. The molecule has 19 heavy (non-hydrogen) atoms. The third kappa shape index (κ3) is 2.07. The SMILES string of the molecule is COc1ccc(C2(C)CC2c2ccc(O)cc2)cc1. The molecule has 1 saturated carbocycles. The molecule has 0 radical (unpaired) electrons. The van der Waals surface area contributed by atoms with Gasteiger partial charge in [-0.3, -0.25) is 0 Å². The lowest BCUT2D eigenvalue weighted by atomic mass is 9.93. The lowest BCUT2D eigenvalue weighted by Gasteiger charge is -2.13. The fourth-order valence-electron chi connectivity index (χ4n) is 2.85. The highest BCUT2D eigenvalue weighted by molar-refractivity contribution is 5.44. The Labute approximate surface area is 113 Å². The standard InChI is InChI=1S/C17H18O2/c1-17(13-5-9-15(19-2)10-6-13)11-16(17)12-3-7-14(18)8-4-12/h3-10,16,18H,11H2,1-2H3. The minimum Gasteiger partial charge on any atom is -0.508 e. The van der Waals surface area contributed by atoms with Crippen LogP contribution in [-0.2, 0) is 5.41 Å². The lowest BCUT2D eigenvalue weighted by molar-refractivity contribution is 0.414. The predicted molar refractivity (Wildman–Crippen MR) is 75.8 cm³/mol. The van der Waals surface area contributed by atoms with Gasteiger partial charge in [0.1, 0.15) is 11.5 Å². The normalized spacial score (nSPS) is 25.1. The monoisotopic (exact) mass is 254 g/mol. The average Bonchev–Trinajstić information content (AvgIpc) is 3.13. The van der Waals surface area contributed by atoms with E-state index in [0.29, 0.717) is 11.7 Å². The van der Waals surface area contributed by atoms with E-state index < -0.39 is 0 Å². The molecule has 0 spiro atoms. The first kappa shape index (κ1) is 12.1. The Morgan fingerprint density at radius 2 is 1.68 bits per heavy atom. The fraction of sp³-hybridized carbons (Fsp3) is 0.294. The second kappa shape index (κ2) is 4.30. The van der Waals surface area contributed by atoms with Gasteiger partial charge >= 0.3 is 0 Å². The molecule has 1 aliphatic rings. The molecule has 0 amide bonds. The molecule has 2 unspecified atom stereocenters. The molecule has 1 N–H and O–H groups in total. The van der Waals surface area contributed by atoms with Crippen LogP contribution in [0.4, 0.5) is 0 Å². The lowest BCUT2D eigenvalue weighted by Crippen LogP contribution is -2.03. The Morgan fingerprint density at radius 1 is 1.05 bits per heavy atom. The summed E-state index contributed by atoms with van der Waals surface area (Å²) in [5.74, 6) is 1.77. The maximum atomic E-state index is 9.35. The molecular formula is C17H18O2. The molecule has 98 valence electrons. The van der Waals surface area contributed by atoms with E-state index in [4.69, 9.17) is 4.74 Å². The molecule has 1 fully saturated rings. The van der Waals surface area contributed by atoms with Gasteiger partial charge in [-0.25, -0.2) is 0 Å². The quantitative estimate of drug-likeness (QED) is 0.901. The molecule has 0 heterocycles. The van der Waals surface area contributed by atoms with Gasteiger partial charge in [0.15, 0.2) is 0 Å². The van der Waals surface area contributed by atoms with Crippen molar-refractivity contribution in [1.82, 2.24) is 0 Å². The summed E-state index contributed by atoms with van der Waals surface area (Å²) in [6, 6.07) is 15.9. The minimum absolute atomic E-state index is 0.212. The van der Waals surface area contributed by atoms with Crippen molar-refractivity contribution in [1.29, 1.82) is 0 Å². The highest BCUT2D eigenvalue weighted by Gasteiger charge is 2.51. The first-order valence-electron chi connectivity index (χ1n) is 6.57. The van der Waals surface area contributed by atoms with Crippen molar-refractivity contribution in [2.45, 2.75) is 24.7 Å². The molecule has 2 aromatic rings. The maximum absolute atomic E-state index is 9.35. The molecular weight excluding hydrogens is 236 g/mol. The number of hydrogen-bond acceptors (Lipinski definition) is 2. The number of benzene rings is 2. The van der Waals surface area contributed by atoms with Crippen molar-refractivity contribution in [2.24, 2.45) is 0 Å². The maximum Gasteiger partial charge on any atom is 0.118 e. The van der Waals surface area contributed by atoms with Crippen LogP contribution in [0.15, 0.2) is 48.5 Å². The summed E-state index contributed by atoms with van der Waals surface area (Å²) in [5.41, 5.74) is 2.87. The third-order valence-electron chi connectivity index (χ3n) is 4.28. The van der Waals surface area contributed by atoms with Crippen molar-refractivity contribution in [2.75, 3.05) is 7.11 Å². The van der Waals surface area contributed by atoms with Crippen LogP contribution in [-0.4, -0.2) is 12.2 Å². The molecule has 2 aromatic carbocycles. The molecule has 3 rings (SSSR count). The molecule has 1 aliphatic carbocycles. The van der Waals surface area contributed by atoms with Crippen LogP contribution in [0.5, 0.6) is 11.5 Å². The van der Waals surface area contributed by atoms with E-state index in [2.05, 4.69) is 19.1 Å². The van der Waals surface area contributed by atoms with Gasteiger partial charge in [-0.1, -0.05) is 31.2 Å². The number of phenols is 1. The van der Waals surface area contributed by atoms with Gasteiger partial charge in [-0.2, -0.15) is 0 Å². The topological polar surface area (TPSA) is 29.5 Å². The summed E-state index contributed by atoms with van der Waals surface area (Å²) in [5, 5.41) is 9.35. The summed E-state index contributed by atoms with van der Waals surface area (Å²) >= 11 is 0. The van der Waals surface area contributed by atoms with Crippen LogP contribution in [0.3, 0.4) is 0 Å². The highest BCUT2D eigenvalue weighted by Crippen LogP contribution is 2.60. The van der Waals surface area contributed by atoms with E-state index in [0.717, 1.165) is 12.2 Å². The average molecular weight is 254 g/mol. The number of aromatic hydroxyl groups is 1. The number of phenolic OH excluding ortho intramolecular Hbond substituents is 1. The van der Waals surface area contributed by atoms with E-state index in [1.807, 2.05) is 24.3 Å². The molecule has 2 nitrogen and oxygen atoms in total. The zero-order valence-corrected chi connectivity index (χ0v) is 11.3. The van der Waals surface area contributed by atoms with E-state index in [1.54, 1.807) is 19.2 Å². The molecule has 0 aliphatic heterocycles. The molecule has 0 bridgehead atoms. The van der Waals surface area contributed by atoms with Crippen molar-refractivity contribution in [3.8, 4) is 11.5 Å². The number of ether oxygens (including phenoxy) is 1. The first-order valence-corrected chi connectivity index (χ1v) is 6.57. The van der Waals surface area contributed by atoms with Gasteiger partial charge in [0.05, 0.1) is 7.11 Å². The zero-order valence-electron chi connectivity index (χ0n) is 11.3. The summed E-state index contributed by atoms with van der Waals surface area (Å²) in [7, 11) is 1.69. The largest absolute Gasteiger partial charge is 0.508 e. The van der Waals surface area contributed by atoms with Crippen LogP contribution in [0, 0.1) is 0 Å². The summed E-state index contributed by atoms with van der Waals surface area (Å²) < 4.78 is 5.20. The number of methoxy groups -OCH3 is 1. The van der Waals surface area contributed by atoms with Gasteiger partial charge in [0, 0.05) is 0 Å². The van der Waals surface area contributed by atoms with Crippen molar-refractivity contribution in [3.63, 3.8) is 0 Å². The van der Waals surface area contributed by atoms with E-state index in [9.17, 15) is 5.11 Å². The molecule has 0 aromatic heterocycles. The van der Waals surface area contributed by atoms with Crippen molar-refractivity contribution >= 4 is 0 Å². The minimum atomic E-state index is 0.212. The van der Waals surface area contributed by atoms with E-state index in [1.165, 1.54) is 11.1 Å². The Hall–Kier alpha value is -1.96. The molecule has 2 heteroatoms. The second-order valence-electron chi connectivity index (χ2n) is 5.49. The number of rotatable bonds is 3. The predicted octanol–water partition coefficient (Wildman–Crippen LogP) is 3.85. The molecule has 2 atom stereocenters. The Morgan fingerprint density at radius 3 is 2.26 bits per heavy atom. The van der Waals surface area contributed by atoms with Crippen LogP contribution in [0.25, 0.3) is 0 Å². The van der Waals surface area contributed by atoms with E-state index in [-0.39, 0.29) is 5.41 Å². The second-order valence-corrected chi connectivity index (χ2v) is 5.49. The zero-order chi connectivity index (χ0) is 13.5. The van der Waals surface area contributed by atoms with Crippen LogP contribution in [0.1, 0.15) is 30.4 Å². The van der Waals surface area contributed by atoms with Gasteiger partial charge in [-0.15, -0.1) is 0 Å². The fourth-order valence-corrected chi connectivity index (χ4v) is 2.85. The van der Waals surface area contributed by atoms with Crippen LogP contribution in [0.2, 0.25) is 0 Å². The van der Waals surface area contributed by atoms with Crippen LogP contribution >= 0.6 is 0 Å². The smallest absolute Gasteiger partial charge is 0.118 e.